The third kappa shape index (κ3) is 3.96. The molecule has 1 saturated heterocycles. The lowest BCUT2D eigenvalue weighted by atomic mass is 10.1. The van der Waals surface area contributed by atoms with E-state index in [0.29, 0.717) is 6.54 Å². The molecule has 7 heteroatoms. The first-order valence-corrected chi connectivity index (χ1v) is 8.45. The van der Waals surface area contributed by atoms with Gasteiger partial charge in [0.25, 0.3) is 0 Å². The van der Waals surface area contributed by atoms with Crippen LogP contribution in [0.5, 0.6) is 0 Å². The highest BCUT2D eigenvalue weighted by Gasteiger charge is 2.25. The number of likely N-dealkylation sites (tertiary alicyclic amines) is 1. The maximum atomic E-state index is 12.2. The van der Waals surface area contributed by atoms with Crippen LogP contribution in [-0.2, 0) is 4.74 Å². The van der Waals surface area contributed by atoms with Gasteiger partial charge in [-0.2, -0.15) is 0 Å². The second kappa shape index (κ2) is 6.67. The zero-order valence-corrected chi connectivity index (χ0v) is 14.5. The Morgan fingerprint density at radius 1 is 1.33 bits per heavy atom. The van der Waals surface area contributed by atoms with Gasteiger partial charge in [0.1, 0.15) is 23.4 Å². The van der Waals surface area contributed by atoms with Crippen molar-refractivity contribution in [2.45, 2.75) is 51.7 Å². The minimum Gasteiger partial charge on any atom is -0.444 e. The van der Waals surface area contributed by atoms with E-state index in [2.05, 4.69) is 20.3 Å². The summed E-state index contributed by atoms with van der Waals surface area (Å²) in [6.45, 7) is 7.10. The van der Waals surface area contributed by atoms with E-state index in [0.717, 1.165) is 42.7 Å². The Labute approximate surface area is 141 Å². The number of carbonyl (C=O) groups excluding carboxylic acids is 1. The molecule has 0 unspecified atom stereocenters. The van der Waals surface area contributed by atoms with Crippen molar-refractivity contribution in [2.24, 2.45) is 0 Å². The molecule has 0 spiro atoms. The number of hydrogen-bond acceptors (Lipinski definition) is 5. The predicted octanol–water partition coefficient (Wildman–Crippen LogP) is 3.16. The number of anilines is 1. The van der Waals surface area contributed by atoms with Gasteiger partial charge in [-0.05, 0) is 46.1 Å². The summed E-state index contributed by atoms with van der Waals surface area (Å²) in [6, 6.07) is 2.26. The third-order valence-corrected chi connectivity index (χ3v) is 4.07. The summed E-state index contributed by atoms with van der Waals surface area (Å²) in [5.41, 5.74) is 0.374. The van der Waals surface area contributed by atoms with Gasteiger partial charge in [0.2, 0.25) is 0 Å². The highest BCUT2D eigenvalue weighted by Crippen LogP contribution is 2.22. The van der Waals surface area contributed by atoms with Crippen LogP contribution in [0.4, 0.5) is 10.6 Å². The fourth-order valence-electron chi connectivity index (χ4n) is 2.93. The number of H-pyrrole nitrogens is 1. The van der Waals surface area contributed by atoms with Gasteiger partial charge in [-0.25, -0.2) is 14.8 Å². The summed E-state index contributed by atoms with van der Waals surface area (Å²) in [5.74, 6) is 0.844. The fourth-order valence-corrected chi connectivity index (χ4v) is 2.93. The average Bonchev–Trinajstić information content (AvgIpc) is 2.86. The van der Waals surface area contributed by atoms with Gasteiger partial charge in [-0.15, -0.1) is 0 Å². The standard InChI is InChI=1S/C17H25N5O2/c1-17(2,3)24-16(23)22-9-4-5-12(7-10-22)21-15-13-6-8-18-14(13)19-11-20-15/h6,8,11-12H,4-5,7,9-10H2,1-3H3,(H2,18,19,20,21)/t12-/m1/s1. The zero-order valence-electron chi connectivity index (χ0n) is 14.5. The van der Waals surface area contributed by atoms with E-state index < -0.39 is 5.60 Å². The van der Waals surface area contributed by atoms with E-state index in [1.807, 2.05) is 33.0 Å². The molecule has 2 aromatic heterocycles. The van der Waals surface area contributed by atoms with E-state index in [9.17, 15) is 4.79 Å². The van der Waals surface area contributed by atoms with Gasteiger partial charge in [0, 0.05) is 25.3 Å². The van der Waals surface area contributed by atoms with Gasteiger partial charge in [0.15, 0.2) is 0 Å². The number of carbonyl (C=O) groups is 1. The Bertz CT molecular complexity index is 706. The van der Waals surface area contributed by atoms with Crippen LogP contribution in [0, 0.1) is 0 Å². The molecule has 0 bridgehead atoms. The summed E-state index contributed by atoms with van der Waals surface area (Å²) >= 11 is 0. The number of ether oxygens (including phenoxy) is 1. The second-order valence-electron chi connectivity index (χ2n) is 7.20. The van der Waals surface area contributed by atoms with Crippen LogP contribution in [0.1, 0.15) is 40.0 Å². The number of amides is 1. The molecular formula is C17H25N5O2. The summed E-state index contributed by atoms with van der Waals surface area (Å²) < 4.78 is 5.48. The van der Waals surface area contributed by atoms with E-state index >= 15 is 0 Å². The number of nitrogens with one attached hydrogen (secondary N) is 2. The normalized spacial score (nSPS) is 19.1. The van der Waals surface area contributed by atoms with Crippen LogP contribution in [0.15, 0.2) is 18.6 Å². The van der Waals surface area contributed by atoms with Gasteiger partial charge in [0.05, 0.1) is 5.39 Å². The van der Waals surface area contributed by atoms with Crippen molar-refractivity contribution in [3.05, 3.63) is 18.6 Å². The minimum atomic E-state index is -0.456. The van der Waals surface area contributed by atoms with Crippen molar-refractivity contribution in [3.63, 3.8) is 0 Å². The lowest BCUT2D eigenvalue weighted by Gasteiger charge is -2.26. The molecule has 1 aliphatic rings. The quantitative estimate of drug-likeness (QED) is 0.883. The van der Waals surface area contributed by atoms with Crippen LogP contribution in [0.3, 0.4) is 0 Å². The summed E-state index contributed by atoms with van der Waals surface area (Å²) in [6.07, 6.45) is 6.01. The van der Waals surface area contributed by atoms with Crippen molar-refractivity contribution in [3.8, 4) is 0 Å². The minimum absolute atomic E-state index is 0.224. The van der Waals surface area contributed by atoms with E-state index in [1.54, 1.807) is 11.2 Å². The van der Waals surface area contributed by atoms with Gasteiger partial charge >= 0.3 is 6.09 Å². The first-order chi connectivity index (χ1) is 11.4. The number of hydrogen-bond donors (Lipinski definition) is 2. The van der Waals surface area contributed by atoms with Crippen LogP contribution in [0.25, 0.3) is 11.0 Å². The van der Waals surface area contributed by atoms with Crippen molar-refractivity contribution in [1.82, 2.24) is 19.9 Å². The second-order valence-corrected chi connectivity index (χ2v) is 7.20. The van der Waals surface area contributed by atoms with Crippen molar-refractivity contribution in [1.29, 1.82) is 0 Å². The molecular weight excluding hydrogens is 306 g/mol. The number of aromatic nitrogens is 3. The molecule has 130 valence electrons. The largest absolute Gasteiger partial charge is 0.444 e. The van der Waals surface area contributed by atoms with Crippen LogP contribution < -0.4 is 5.32 Å². The molecule has 3 heterocycles. The zero-order chi connectivity index (χ0) is 17.2. The van der Waals surface area contributed by atoms with Crippen LogP contribution in [-0.4, -0.2) is 50.7 Å². The Morgan fingerprint density at radius 2 is 2.17 bits per heavy atom. The SMILES string of the molecule is CC(C)(C)OC(=O)N1CCC[C@@H](Nc2ncnc3[nH]ccc23)CC1. The third-order valence-electron chi connectivity index (χ3n) is 4.07. The molecule has 24 heavy (non-hydrogen) atoms. The molecule has 3 rings (SSSR count). The maximum absolute atomic E-state index is 12.2. The summed E-state index contributed by atoms with van der Waals surface area (Å²) in [7, 11) is 0. The highest BCUT2D eigenvalue weighted by atomic mass is 16.6. The smallest absolute Gasteiger partial charge is 0.410 e. The molecule has 0 saturated carbocycles. The van der Waals surface area contributed by atoms with Gasteiger partial charge in [-0.1, -0.05) is 0 Å². The molecule has 0 aliphatic carbocycles. The first kappa shape index (κ1) is 16.5. The number of rotatable bonds is 2. The number of nitrogens with zero attached hydrogens (tertiary/aromatic N) is 3. The Kier molecular flexibility index (Phi) is 4.59. The Balaban J connectivity index is 1.62. The lowest BCUT2D eigenvalue weighted by Crippen LogP contribution is -2.37. The predicted molar refractivity (Wildman–Crippen MR) is 93.0 cm³/mol. The van der Waals surface area contributed by atoms with Crippen molar-refractivity contribution < 1.29 is 9.53 Å². The van der Waals surface area contributed by atoms with Crippen molar-refractivity contribution >= 4 is 22.9 Å². The monoisotopic (exact) mass is 331 g/mol. The molecule has 2 aromatic rings. The van der Waals surface area contributed by atoms with Crippen molar-refractivity contribution in [2.75, 3.05) is 18.4 Å². The average molecular weight is 331 g/mol. The number of fused-ring (bicyclic) bond motifs is 1. The van der Waals surface area contributed by atoms with Gasteiger partial charge in [-0.3, -0.25) is 0 Å². The van der Waals surface area contributed by atoms with E-state index in [-0.39, 0.29) is 12.1 Å². The Hall–Kier alpha value is -2.31. The summed E-state index contributed by atoms with van der Waals surface area (Å²) in [5, 5.41) is 4.50. The molecule has 7 nitrogen and oxygen atoms in total. The fraction of sp³-hybridized carbons (Fsp3) is 0.588. The molecule has 1 aliphatic heterocycles. The van der Waals surface area contributed by atoms with Crippen LogP contribution >= 0.6 is 0 Å². The van der Waals surface area contributed by atoms with E-state index in [1.165, 1.54) is 0 Å². The van der Waals surface area contributed by atoms with Gasteiger partial charge < -0.3 is 19.9 Å². The maximum Gasteiger partial charge on any atom is 0.410 e. The topological polar surface area (TPSA) is 83.1 Å². The van der Waals surface area contributed by atoms with E-state index in [4.69, 9.17) is 4.74 Å². The molecule has 1 amide bonds. The molecule has 0 radical (unpaired) electrons. The first-order valence-electron chi connectivity index (χ1n) is 8.45. The van der Waals surface area contributed by atoms with Crippen LogP contribution in [0.2, 0.25) is 0 Å². The molecule has 0 aromatic carbocycles. The molecule has 2 N–H and O–H groups in total. The number of aromatic amines is 1. The molecule has 1 fully saturated rings. The Morgan fingerprint density at radius 3 is 2.96 bits per heavy atom. The lowest BCUT2D eigenvalue weighted by molar-refractivity contribution is 0.0256. The highest BCUT2D eigenvalue weighted by molar-refractivity contribution is 5.86. The molecule has 1 atom stereocenters. The summed E-state index contributed by atoms with van der Waals surface area (Å²) in [4.78, 5) is 25.7.